The number of rotatable bonds is 7. The van der Waals surface area contributed by atoms with Gasteiger partial charge in [-0.1, -0.05) is 24.6 Å². The minimum Gasteiger partial charge on any atom is -0.355 e. The van der Waals surface area contributed by atoms with Crippen LogP contribution in [0, 0.1) is 6.92 Å². The molecule has 1 N–H and O–H groups in total. The predicted molar refractivity (Wildman–Crippen MR) is 92.4 cm³/mol. The molecule has 2 heterocycles. The Kier molecular flexibility index (Phi) is 6.03. The topological polar surface area (TPSA) is 28.2 Å². The summed E-state index contributed by atoms with van der Waals surface area (Å²) >= 11 is 7.59. The fourth-order valence-electron chi connectivity index (χ4n) is 2.13. The maximum Gasteiger partial charge on any atom is 0.128 e. The molecule has 0 amide bonds. The lowest BCUT2D eigenvalue weighted by molar-refractivity contribution is 0.670. The molecule has 0 bridgehead atoms. The summed E-state index contributed by atoms with van der Waals surface area (Å²) in [6.45, 7) is 7.00. The Bertz CT molecular complexity index is 583. The first-order valence-electron chi connectivity index (χ1n) is 7.22. The molecule has 2 rings (SSSR count). The summed E-state index contributed by atoms with van der Waals surface area (Å²) in [6, 6.07) is 8.26. The van der Waals surface area contributed by atoms with Crippen molar-refractivity contribution in [3.8, 4) is 0 Å². The third-order valence-corrected chi connectivity index (χ3v) is 4.55. The molecule has 3 nitrogen and oxygen atoms in total. The largest absolute Gasteiger partial charge is 0.355 e. The fourth-order valence-corrected chi connectivity index (χ4v) is 3.27. The lowest BCUT2D eigenvalue weighted by Crippen LogP contribution is -2.19. The second-order valence-corrected chi connectivity index (χ2v) is 6.95. The number of nitrogens with zero attached hydrogens (tertiary/aromatic N) is 2. The van der Waals surface area contributed by atoms with Crippen molar-refractivity contribution in [3.05, 3.63) is 44.7 Å². The van der Waals surface area contributed by atoms with Gasteiger partial charge >= 0.3 is 0 Å². The van der Waals surface area contributed by atoms with Crippen LogP contribution in [-0.4, -0.2) is 18.6 Å². The molecule has 2 aromatic heterocycles. The van der Waals surface area contributed by atoms with Gasteiger partial charge in [0.05, 0.1) is 10.9 Å². The molecular weight excluding hydrogens is 302 g/mol. The minimum atomic E-state index is 0.831. The first-order valence-corrected chi connectivity index (χ1v) is 8.42. The van der Waals surface area contributed by atoms with E-state index in [-0.39, 0.29) is 0 Å². The predicted octanol–water partition coefficient (Wildman–Crippen LogP) is 4.24. The van der Waals surface area contributed by atoms with E-state index in [1.54, 1.807) is 11.3 Å². The van der Waals surface area contributed by atoms with Crippen molar-refractivity contribution in [1.29, 1.82) is 0 Å². The maximum atomic E-state index is 5.97. The SMILES string of the molecule is CCCNCc1ccc(N(C)Cc2ccc(Cl)s2)nc1C. The number of hydrogen-bond donors (Lipinski definition) is 1. The number of anilines is 1. The Hall–Kier alpha value is -1.10. The summed E-state index contributed by atoms with van der Waals surface area (Å²) in [5, 5.41) is 3.42. The van der Waals surface area contributed by atoms with Crippen molar-refractivity contribution >= 4 is 28.8 Å². The van der Waals surface area contributed by atoms with Gasteiger partial charge in [0.15, 0.2) is 0 Å². The van der Waals surface area contributed by atoms with E-state index in [0.717, 1.165) is 41.9 Å². The maximum absolute atomic E-state index is 5.97. The second kappa shape index (κ2) is 7.78. The Morgan fingerprint density at radius 3 is 2.71 bits per heavy atom. The highest BCUT2D eigenvalue weighted by molar-refractivity contribution is 7.16. The first kappa shape index (κ1) is 16.3. The van der Waals surface area contributed by atoms with Gasteiger partial charge in [-0.05, 0) is 43.7 Å². The average Bonchev–Trinajstić information content (AvgIpc) is 2.86. The molecule has 5 heteroatoms. The number of hydrogen-bond acceptors (Lipinski definition) is 4. The van der Waals surface area contributed by atoms with Gasteiger partial charge in [-0.3, -0.25) is 0 Å². The summed E-state index contributed by atoms with van der Waals surface area (Å²) < 4.78 is 0.833. The van der Waals surface area contributed by atoms with E-state index in [4.69, 9.17) is 16.6 Å². The van der Waals surface area contributed by atoms with Gasteiger partial charge in [0.2, 0.25) is 0 Å². The number of nitrogens with one attached hydrogen (secondary N) is 1. The normalized spacial score (nSPS) is 10.9. The zero-order valence-electron chi connectivity index (χ0n) is 12.8. The van der Waals surface area contributed by atoms with E-state index < -0.39 is 0 Å². The summed E-state index contributed by atoms with van der Waals surface area (Å²) in [5.74, 6) is 0.997. The van der Waals surface area contributed by atoms with Crippen molar-refractivity contribution in [2.24, 2.45) is 0 Å². The Morgan fingerprint density at radius 2 is 2.10 bits per heavy atom. The fraction of sp³-hybridized carbons (Fsp3) is 0.438. The van der Waals surface area contributed by atoms with Crippen LogP contribution in [-0.2, 0) is 13.1 Å². The van der Waals surface area contributed by atoms with E-state index in [0.29, 0.717) is 0 Å². The lowest BCUT2D eigenvalue weighted by atomic mass is 10.2. The highest BCUT2D eigenvalue weighted by Gasteiger charge is 2.08. The van der Waals surface area contributed by atoms with E-state index >= 15 is 0 Å². The monoisotopic (exact) mass is 323 g/mol. The Labute approximate surface area is 136 Å². The molecule has 0 fully saturated rings. The van der Waals surface area contributed by atoms with Crippen molar-refractivity contribution < 1.29 is 0 Å². The molecule has 0 spiro atoms. The molecule has 0 unspecified atom stereocenters. The van der Waals surface area contributed by atoms with Crippen LogP contribution in [0.4, 0.5) is 5.82 Å². The zero-order chi connectivity index (χ0) is 15.2. The molecule has 0 aliphatic carbocycles. The number of aryl methyl sites for hydroxylation is 1. The molecule has 0 aromatic carbocycles. The Morgan fingerprint density at radius 1 is 1.29 bits per heavy atom. The third kappa shape index (κ3) is 4.70. The van der Waals surface area contributed by atoms with Crippen molar-refractivity contribution in [2.75, 3.05) is 18.5 Å². The zero-order valence-corrected chi connectivity index (χ0v) is 14.4. The summed E-state index contributed by atoms with van der Waals surface area (Å²) in [4.78, 5) is 8.11. The van der Waals surface area contributed by atoms with Crippen LogP contribution >= 0.6 is 22.9 Å². The first-order chi connectivity index (χ1) is 10.1. The van der Waals surface area contributed by atoms with Crippen LogP contribution < -0.4 is 10.2 Å². The van der Waals surface area contributed by atoms with Gasteiger partial charge in [-0.25, -0.2) is 4.98 Å². The van der Waals surface area contributed by atoms with E-state index in [9.17, 15) is 0 Å². The second-order valence-electron chi connectivity index (χ2n) is 5.15. The van der Waals surface area contributed by atoms with Crippen LogP contribution in [0.1, 0.15) is 29.5 Å². The van der Waals surface area contributed by atoms with Crippen molar-refractivity contribution in [3.63, 3.8) is 0 Å². The van der Waals surface area contributed by atoms with Gasteiger partial charge in [-0.15, -0.1) is 11.3 Å². The van der Waals surface area contributed by atoms with Gasteiger partial charge in [-0.2, -0.15) is 0 Å². The molecule has 0 aliphatic rings. The number of halogens is 1. The quantitative estimate of drug-likeness (QED) is 0.772. The van der Waals surface area contributed by atoms with E-state index in [2.05, 4.69) is 49.3 Å². The third-order valence-electron chi connectivity index (χ3n) is 3.34. The molecule has 0 saturated heterocycles. The van der Waals surface area contributed by atoms with Crippen molar-refractivity contribution in [1.82, 2.24) is 10.3 Å². The number of thiophene rings is 1. The summed E-state index contributed by atoms with van der Waals surface area (Å²) in [5.41, 5.74) is 2.35. The molecule has 0 saturated carbocycles. The van der Waals surface area contributed by atoms with Gasteiger partial charge in [0, 0.05) is 24.2 Å². The highest BCUT2D eigenvalue weighted by Crippen LogP contribution is 2.24. The molecule has 0 aliphatic heterocycles. The Balaban J connectivity index is 2.01. The van der Waals surface area contributed by atoms with Gasteiger partial charge in [0.25, 0.3) is 0 Å². The molecule has 0 radical (unpaired) electrons. The average molecular weight is 324 g/mol. The molecule has 21 heavy (non-hydrogen) atoms. The van der Waals surface area contributed by atoms with Crippen molar-refractivity contribution in [2.45, 2.75) is 33.4 Å². The lowest BCUT2D eigenvalue weighted by Gasteiger charge is -2.18. The number of aromatic nitrogens is 1. The van der Waals surface area contributed by atoms with Crippen LogP contribution in [0.2, 0.25) is 4.34 Å². The summed E-state index contributed by atoms with van der Waals surface area (Å²) in [6.07, 6.45) is 1.15. The standard InChI is InChI=1S/C16H22ClN3S/c1-4-9-18-10-13-5-8-16(19-12(13)2)20(3)11-14-6-7-15(17)21-14/h5-8,18H,4,9-11H2,1-3H3. The molecule has 2 aromatic rings. The van der Waals surface area contributed by atoms with Crippen LogP contribution in [0.3, 0.4) is 0 Å². The van der Waals surface area contributed by atoms with E-state index in [1.165, 1.54) is 10.4 Å². The summed E-state index contributed by atoms with van der Waals surface area (Å²) in [7, 11) is 2.06. The van der Waals surface area contributed by atoms with Crippen LogP contribution in [0.15, 0.2) is 24.3 Å². The molecule has 114 valence electrons. The smallest absolute Gasteiger partial charge is 0.128 e. The van der Waals surface area contributed by atoms with Gasteiger partial charge in [0.1, 0.15) is 5.82 Å². The van der Waals surface area contributed by atoms with Gasteiger partial charge < -0.3 is 10.2 Å². The minimum absolute atomic E-state index is 0.831. The molecular formula is C16H22ClN3S. The van der Waals surface area contributed by atoms with E-state index in [1.807, 2.05) is 6.07 Å². The molecule has 0 atom stereocenters. The number of pyridine rings is 1. The van der Waals surface area contributed by atoms with Crippen LogP contribution in [0.5, 0.6) is 0 Å². The van der Waals surface area contributed by atoms with Crippen LogP contribution in [0.25, 0.3) is 0 Å². The highest BCUT2D eigenvalue weighted by atomic mass is 35.5.